The van der Waals surface area contributed by atoms with Crippen molar-refractivity contribution in [1.82, 2.24) is 19.6 Å². The van der Waals surface area contributed by atoms with Gasteiger partial charge in [0.25, 0.3) is 5.91 Å². The number of rotatable bonds is 4. The van der Waals surface area contributed by atoms with E-state index >= 15 is 0 Å². The van der Waals surface area contributed by atoms with Crippen molar-refractivity contribution in [3.63, 3.8) is 0 Å². The SMILES string of the molecule is Cc1cc(C)n(C2=[N+](CC(C)C)C3C(=O)N(CC(N)=O)C(=O)N(C)C3=N2)n1. The van der Waals surface area contributed by atoms with Crippen molar-refractivity contribution >= 4 is 29.6 Å². The van der Waals surface area contributed by atoms with E-state index in [0.717, 1.165) is 16.3 Å². The third kappa shape index (κ3) is 3.11. The number of fused-ring (bicyclic) bond motifs is 1. The number of nitrogens with zero attached hydrogens (tertiary/aromatic N) is 6. The number of amidine groups is 1. The maximum absolute atomic E-state index is 13.1. The van der Waals surface area contributed by atoms with Crippen molar-refractivity contribution in [2.24, 2.45) is 16.6 Å². The highest BCUT2D eigenvalue weighted by Gasteiger charge is 2.53. The average molecular weight is 374 g/mol. The molecule has 27 heavy (non-hydrogen) atoms. The number of likely N-dealkylation sites (N-methyl/N-ethyl adjacent to an activating group) is 1. The van der Waals surface area contributed by atoms with E-state index in [1.54, 1.807) is 4.68 Å². The first-order valence-electron chi connectivity index (χ1n) is 8.75. The number of aromatic nitrogens is 2. The van der Waals surface area contributed by atoms with Crippen LogP contribution in [-0.4, -0.2) is 80.0 Å². The zero-order valence-electron chi connectivity index (χ0n) is 16.1. The molecule has 1 aromatic heterocycles. The summed E-state index contributed by atoms with van der Waals surface area (Å²) in [6.45, 7) is 7.90. The molecule has 0 spiro atoms. The Morgan fingerprint density at radius 1 is 1.33 bits per heavy atom. The first kappa shape index (κ1) is 18.7. The largest absolute Gasteiger partial charge is 0.421 e. The van der Waals surface area contributed by atoms with E-state index in [9.17, 15) is 14.4 Å². The molecule has 4 amide bonds. The van der Waals surface area contributed by atoms with Gasteiger partial charge in [-0.1, -0.05) is 18.8 Å². The predicted molar refractivity (Wildman–Crippen MR) is 97.4 cm³/mol. The second-order valence-corrected chi connectivity index (χ2v) is 7.29. The van der Waals surface area contributed by atoms with E-state index in [1.165, 1.54) is 11.9 Å². The normalized spacial score (nSPS) is 19.9. The van der Waals surface area contributed by atoms with Gasteiger partial charge in [0.15, 0.2) is 0 Å². The number of hydrogen-bond acceptors (Lipinski definition) is 5. The van der Waals surface area contributed by atoms with E-state index < -0.39 is 30.4 Å². The standard InChI is InChI=1S/C17H23N7O3/c1-9(2)7-22-13-14(19-16(22)24-11(4)6-10(3)20-24)21(5)17(27)23(15(13)26)8-12(18)25/h6,9,13H,7-8H2,1-5H3,(H-,18,25)/p+1. The molecule has 10 heteroatoms. The maximum atomic E-state index is 13.1. The molecule has 2 N–H and O–H groups in total. The first-order chi connectivity index (χ1) is 12.6. The van der Waals surface area contributed by atoms with Crippen LogP contribution >= 0.6 is 0 Å². The molecule has 144 valence electrons. The van der Waals surface area contributed by atoms with Gasteiger partial charge in [0, 0.05) is 7.05 Å². The Morgan fingerprint density at radius 2 is 2.00 bits per heavy atom. The first-order valence-corrected chi connectivity index (χ1v) is 8.75. The zero-order chi connectivity index (χ0) is 20.0. The second kappa shape index (κ2) is 6.60. The van der Waals surface area contributed by atoms with Gasteiger partial charge in [0.1, 0.15) is 12.2 Å². The summed E-state index contributed by atoms with van der Waals surface area (Å²) in [6.07, 6.45) is 0. The molecule has 10 nitrogen and oxygen atoms in total. The monoisotopic (exact) mass is 374 g/mol. The highest BCUT2D eigenvalue weighted by Crippen LogP contribution is 2.21. The molecular weight excluding hydrogens is 350 g/mol. The lowest BCUT2D eigenvalue weighted by Gasteiger charge is -2.33. The number of aliphatic imine (C=N–C) groups is 1. The Morgan fingerprint density at radius 3 is 2.52 bits per heavy atom. The molecule has 1 aromatic rings. The van der Waals surface area contributed by atoms with Crippen molar-refractivity contribution in [2.45, 2.75) is 33.7 Å². The number of urea groups is 1. The molecule has 0 saturated carbocycles. The van der Waals surface area contributed by atoms with Crippen LogP contribution in [0.25, 0.3) is 0 Å². The fraction of sp³-hybridized carbons (Fsp3) is 0.529. The van der Waals surface area contributed by atoms with Crippen LogP contribution in [0.4, 0.5) is 4.79 Å². The van der Waals surface area contributed by atoms with E-state index in [0.29, 0.717) is 18.3 Å². The highest BCUT2D eigenvalue weighted by atomic mass is 16.2. The molecule has 0 aromatic carbocycles. The lowest BCUT2D eigenvalue weighted by atomic mass is 10.1. The quantitative estimate of drug-likeness (QED) is 0.717. The third-order valence-electron chi connectivity index (χ3n) is 4.46. The van der Waals surface area contributed by atoms with E-state index in [-0.39, 0.29) is 5.92 Å². The number of primary amides is 1. The van der Waals surface area contributed by atoms with E-state index in [1.807, 2.05) is 38.3 Å². The molecule has 0 radical (unpaired) electrons. The van der Waals surface area contributed by atoms with Crippen LogP contribution in [-0.2, 0) is 9.59 Å². The summed E-state index contributed by atoms with van der Waals surface area (Å²) in [5, 5.41) is 4.47. The van der Waals surface area contributed by atoms with Crippen LogP contribution < -0.4 is 5.73 Å². The molecule has 0 aliphatic carbocycles. The molecule has 1 fully saturated rings. The summed E-state index contributed by atoms with van der Waals surface area (Å²) in [4.78, 5) is 43.7. The third-order valence-corrected chi connectivity index (χ3v) is 4.46. The lowest BCUT2D eigenvalue weighted by Crippen LogP contribution is -2.64. The molecular formula is C17H24N7O3+. The minimum absolute atomic E-state index is 0.229. The summed E-state index contributed by atoms with van der Waals surface area (Å²) in [5.74, 6) is -0.210. The number of aryl methyl sites for hydroxylation is 2. The summed E-state index contributed by atoms with van der Waals surface area (Å²) in [6, 6.07) is 0.500. The van der Waals surface area contributed by atoms with Crippen LogP contribution in [0.3, 0.4) is 0 Å². The molecule has 1 unspecified atom stereocenters. The number of amides is 4. The Kier molecular flexibility index (Phi) is 4.58. The van der Waals surface area contributed by atoms with Gasteiger partial charge >= 0.3 is 12.0 Å². The van der Waals surface area contributed by atoms with Crippen molar-refractivity contribution < 1.29 is 19.0 Å². The predicted octanol–water partition coefficient (Wildman–Crippen LogP) is -0.467. The summed E-state index contributed by atoms with van der Waals surface area (Å²) in [5.41, 5.74) is 6.91. The molecule has 1 saturated heterocycles. The van der Waals surface area contributed by atoms with Crippen molar-refractivity contribution in [2.75, 3.05) is 20.1 Å². The topological polar surface area (TPSA) is 117 Å². The minimum Gasteiger partial charge on any atom is -0.368 e. The van der Waals surface area contributed by atoms with E-state index in [4.69, 9.17) is 5.73 Å². The molecule has 3 rings (SSSR count). The minimum atomic E-state index is -0.798. The van der Waals surface area contributed by atoms with Crippen LogP contribution in [0, 0.1) is 19.8 Å². The Hall–Kier alpha value is -3.04. The number of hydrogen-bond donors (Lipinski definition) is 1. The maximum Gasteiger partial charge on any atom is 0.421 e. The zero-order valence-corrected chi connectivity index (χ0v) is 16.1. The average Bonchev–Trinajstić information content (AvgIpc) is 3.08. The number of carbonyl (C=O) groups is 3. The van der Waals surface area contributed by atoms with Gasteiger partial charge in [0.2, 0.25) is 17.8 Å². The van der Waals surface area contributed by atoms with Gasteiger partial charge in [-0.2, -0.15) is 0 Å². The number of carbonyl (C=O) groups excluding carboxylic acids is 3. The van der Waals surface area contributed by atoms with Gasteiger partial charge in [-0.3, -0.25) is 19.4 Å². The number of nitrogens with two attached hydrogens (primary N) is 1. The van der Waals surface area contributed by atoms with Gasteiger partial charge < -0.3 is 5.73 Å². The van der Waals surface area contributed by atoms with Gasteiger partial charge in [-0.25, -0.2) is 9.37 Å². The molecule has 1 atom stereocenters. The highest BCUT2D eigenvalue weighted by molar-refractivity contribution is 6.23. The Labute approximate surface area is 156 Å². The molecule has 2 aliphatic heterocycles. The molecule has 2 aliphatic rings. The fourth-order valence-corrected chi connectivity index (χ4v) is 3.39. The number of imide groups is 1. The Balaban J connectivity index is 2.14. The van der Waals surface area contributed by atoms with E-state index in [2.05, 4.69) is 10.1 Å². The molecule has 3 heterocycles. The van der Waals surface area contributed by atoms with Crippen LogP contribution in [0.5, 0.6) is 0 Å². The van der Waals surface area contributed by atoms with Gasteiger partial charge in [-0.15, -0.1) is 9.78 Å². The Bertz CT molecular complexity index is 896. The summed E-state index contributed by atoms with van der Waals surface area (Å²) in [7, 11) is 1.53. The van der Waals surface area contributed by atoms with Crippen LogP contribution in [0.1, 0.15) is 25.2 Å². The van der Waals surface area contributed by atoms with Crippen LogP contribution in [0.15, 0.2) is 11.1 Å². The lowest BCUT2D eigenvalue weighted by molar-refractivity contribution is -0.543. The van der Waals surface area contributed by atoms with Gasteiger partial charge in [-0.05, 0) is 25.8 Å². The van der Waals surface area contributed by atoms with Crippen LogP contribution in [0.2, 0.25) is 0 Å². The fourth-order valence-electron chi connectivity index (χ4n) is 3.39. The van der Waals surface area contributed by atoms with Crippen molar-refractivity contribution in [3.8, 4) is 0 Å². The van der Waals surface area contributed by atoms with Crippen molar-refractivity contribution in [3.05, 3.63) is 17.5 Å². The smallest absolute Gasteiger partial charge is 0.368 e. The van der Waals surface area contributed by atoms with Gasteiger partial charge in [0.05, 0.1) is 12.2 Å². The van der Waals surface area contributed by atoms with Crippen molar-refractivity contribution in [1.29, 1.82) is 0 Å². The summed E-state index contributed by atoms with van der Waals surface area (Å²) >= 11 is 0. The second-order valence-electron chi connectivity index (χ2n) is 7.29. The summed E-state index contributed by atoms with van der Waals surface area (Å²) < 4.78 is 3.51. The molecule has 0 bridgehead atoms.